The quantitative estimate of drug-likeness (QED) is 0.803. The molecular formula is C14H17FN2O. The minimum atomic E-state index is -0.276. The lowest BCUT2D eigenvalue weighted by atomic mass is 10.0. The molecule has 0 aliphatic heterocycles. The molecule has 18 heavy (non-hydrogen) atoms. The van der Waals surface area contributed by atoms with Gasteiger partial charge in [0.15, 0.2) is 0 Å². The van der Waals surface area contributed by atoms with Crippen LogP contribution in [0.2, 0.25) is 0 Å². The van der Waals surface area contributed by atoms with Crippen molar-refractivity contribution in [2.45, 2.75) is 25.4 Å². The molecule has 0 bridgehead atoms. The molecule has 1 amide bonds. The molecule has 0 radical (unpaired) electrons. The van der Waals surface area contributed by atoms with Crippen molar-refractivity contribution in [1.82, 2.24) is 5.32 Å². The van der Waals surface area contributed by atoms with Crippen molar-refractivity contribution in [3.8, 4) is 0 Å². The Morgan fingerprint density at radius 1 is 1.39 bits per heavy atom. The van der Waals surface area contributed by atoms with Gasteiger partial charge in [-0.25, -0.2) is 4.39 Å². The number of halogens is 1. The molecule has 1 aromatic carbocycles. The van der Waals surface area contributed by atoms with Crippen LogP contribution in [0.1, 0.15) is 24.9 Å². The van der Waals surface area contributed by atoms with Crippen molar-refractivity contribution in [3.05, 3.63) is 47.8 Å². The molecule has 3 nitrogen and oxygen atoms in total. The number of amides is 1. The number of nitrogens with two attached hydrogens (primary N) is 1. The molecule has 1 aliphatic carbocycles. The molecule has 2 rings (SSSR count). The summed E-state index contributed by atoms with van der Waals surface area (Å²) in [6.45, 7) is 1.88. The fraction of sp³-hybridized carbons (Fsp3) is 0.357. The van der Waals surface area contributed by atoms with Gasteiger partial charge in [0.05, 0.1) is 12.0 Å². The lowest BCUT2D eigenvalue weighted by Gasteiger charge is -2.17. The number of carbonyl (C=O) groups is 1. The van der Waals surface area contributed by atoms with Crippen LogP contribution in [0.4, 0.5) is 4.39 Å². The van der Waals surface area contributed by atoms with Gasteiger partial charge in [-0.15, -0.1) is 0 Å². The minimum absolute atomic E-state index is 0.0260. The van der Waals surface area contributed by atoms with Crippen LogP contribution in [0.3, 0.4) is 0 Å². The van der Waals surface area contributed by atoms with E-state index in [1.54, 1.807) is 12.1 Å². The second kappa shape index (κ2) is 5.31. The number of nitrogens with one attached hydrogen (secondary N) is 1. The summed E-state index contributed by atoms with van der Waals surface area (Å²) in [7, 11) is 0. The molecule has 0 saturated heterocycles. The highest BCUT2D eigenvalue weighted by Crippen LogP contribution is 2.19. The van der Waals surface area contributed by atoms with Gasteiger partial charge in [-0.3, -0.25) is 4.79 Å². The van der Waals surface area contributed by atoms with E-state index in [9.17, 15) is 9.18 Å². The summed E-state index contributed by atoms with van der Waals surface area (Å²) in [5, 5.41) is 2.91. The third-order valence-corrected chi connectivity index (χ3v) is 3.18. The second-order valence-electron chi connectivity index (χ2n) is 4.67. The second-order valence-corrected chi connectivity index (χ2v) is 4.67. The number of hydrogen-bond donors (Lipinski definition) is 2. The van der Waals surface area contributed by atoms with Crippen LogP contribution >= 0.6 is 0 Å². The molecule has 0 saturated carbocycles. The Morgan fingerprint density at radius 3 is 2.61 bits per heavy atom. The smallest absolute Gasteiger partial charge is 0.227 e. The number of rotatable bonds is 3. The maximum atomic E-state index is 12.8. The maximum Gasteiger partial charge on any atom is 0.227 e. The largest absolute Gasteiger partial charge is 0.349 e. The Hall–Kier alpha value is -1.68. The normalized spacial score (nSPS) is 23.9. The Kier molecular flexibility index (Phi) is 3.77. The van der Waals surface area contributed by atoms with Gasteiger partial charge in [0.25, 0.3) is 0 Å². The lowest BCUT2D eigenvalue weighted by molar-refractivity contribution is -0.124. The maximum absolute atomic E-state index is 12.8. The third-order valence-electron chi connectivity index (χ3n) is 3.18. The summed E-state index contributed by atoms with van der Waals surface area (Å²) in [5.74, 6) is -0.458. The zero-order chi connectivity index (χ0) is 13.1. The first-order valence-electron chi connectivity index (χ1n) is 6.06. The zero-order valence-corrected chi connectivity index (χ0v) is 10.3. The van der Waals surface area contributed by atoms with E-state index in [0.717, 1.165) is 5.56 Å². The van der Waals surface area contributed by atoms with E-state index in [1.807, 2.05) is 19.1 Å². The first-order valence-corrected chi connectivity index (χ1v) is 6.06. The molecule has 3 N–H and O–H groups in total. The van der Waals surface area contributed by atoms with Gasteiger partial charge in [-0.1, -0.05) is 24.3 Å². The van der Waals surface area contributed by atoms with Gasteiger partial charge < -0.3 is 11.1 Å². The van der Waals surface area contributed by atoms with E-state index in [0.29, 0.717) is 6.42 Å². The standard InChI is InChI=1S/C14H17FN2O/c1-9(10-2-5-12(15)6-3-10)17-14(18)11-4-7-13(16)8-11/h2-7,9,11,13H,8,16H2,1H3,(H,17,18)/t9-,11?,13?/m0/s1. The van der Waals surface area contributed by atoms with Crippen molar-refractivity contribution in [3.63, 3.8) is 0 Å². The first-order chi connectivity index (χ1) is 8.56. The predicted octanol–water partition coefficient (Wildman–Crippen LogP) is 1.91. The lowest BCUT2D eigenvalue weighted by Crippen LogP contribution is -2.32. The molecule has 0 spiro atoms. The molecule has 0 fully saturated rings. The Labute approximate surface area is 106 Å². The van der Waals surface area contributed by atoms with Crippen LogP contribution in [0.25, 0.3) is 0 Å². The first kappa shape index (κ1) is 12.8. The van der Waals surface area contributed by atoms with Gasteiger partial charge in [-0.05, 0) is 31.0 Å². The summed E-state index contributed by atoms with van der Waals surface area (Å²) in [6, 6.07) is 5.98. The highest BCUT2D eigenvalue weighted by atomic mass is 19.1. The fourth-order valence-corrected chi connectivity index (χ4v) is 2.08. The van der Waals surface area contributed by atoms with Crippen molar-refractivity contribution in [2.24, 2.45) is 11.7 Å². The molecule has 3 atom stereocenters. The zero-order valence-electron chi connectivity index (χ0n) is 10.3. The molecule has 1 aliphatic rings. The van der Waals surface area contributed by atoms with E-state index in [2.05, 4.69) is 5.32 Å². The summed E-state index contributed by atoms with van der Waals surface area (Å²) < 4.78 is 12.8. The van der Waals surface area contributed by atoms with E-state index in [4.69, 9.17) is 5.73 Å². The molecular weight excluding hydrogens is 231 g/mol. The Bertz CT molecular complexity index is 455. The minimum Gasteiger partial charge on any atom is -0.349 e. The SMILES string of the molecule is C[C@H](NC(=O)C1C=CC(N)C1)c1ccc(F)cc1. The molecule has 2 unspecified atom stereocenters. The molecule has 4 heteroatoms. The Morgan fingerprint density at radius 2 is 2.06 bits per heavy atom. The number of hydrogen-bond acceptors (Lipinski definition) is 2. The summed E-state index contributed by atoms with van der Waals surface area (Å²) >= 11 is 0. The van der Waals surface area contributed by atoms with E-state index in [1.165, 1.54) is 12.1 Å². The van der Waals surface area contributed by atoms with E-state index < -0.39 is 0 Å². The molecule has 0 heterocycles. The van der Waals surface area contributed by atoms with Crippen LogP contribution in [0.15, 0.2) is 36.4 Å². The monoisotopic (exact) mass is 248 g/mol. The van der Waals surface area contributed by atoms with Crippen LogP contribution in [0.5, 0.6) is 0 Å². The van der Waals surface area contributed by atoms with Crippen LogP contribution < -0.4 is 11.1 Å². The summed E-state index contributed by atoms with van der Waals surface area (Å²) in [4.78, 5) is 11.9. The van der Waals surface area contributed by atoms with Crippen LogP contribution in [-0.4, -0.2) is 11.9 Å². The summed E-state index contributed by atoms with van der Waals surface area (Å²) in [5.41, 5.74) is 6.60. The predicted molar refractivity (Wildman–Crippen MR) is 68.2 cm³/mol. The van der Waals surface area contributed by atoms with E-state index in [-0.39, 0.29) is 29.7 Å². The fourth-order valence-electron chi connectivity index (χ4n) is 2.08. The summed E-state index contributed by atoms with van der Waals surface area (Å²) in [6.07, 6.45) is 4.35. The van der Waals surface area contributed by atoms with Gasteiger partial charge in [-0.2, -0.15) is 0 Å². The van der Waals surface area contributed by atoms with Gasteiger partial charge >= 0.3 is 0 Å². The van der Waals surface area contributed by atoms with Crippen molar-refractivity contribution in [2.75, 3.05) is 0 Å². The average Bonchev–Trinajstić information content (AvgIpc) is 2.76. The van der Waals surface area contributed by atoms with Crippen LogP contribution in [0, 0.1) is 11.7 Å². The highest BCUT2D eigenvalue weighted by molar-refractivity contribution is 5.81. The highest BCUT2D eigenvalue weighted by Gasteiger charge is 2.23. The van der Waals surface area contributed by atoms with Gasteiger partial charge in [0.1, 0.15) is 5.82 Å². The molecule has 0 aromatic heterocycles. The molecule has 96 valence electrons. The van der Waals surface area contributed by atoms with Crippen molar-refractivity contribution in [1.29, 1.82) is 0 Å². The Balaban J connectivity index is 1.95. The number of benzene rings is 1. The van der Waals surface area contributed by atoms with Gasteiger partial charge in [0, 0.05) is 6.04 Å². The van der Waals surface area contributed by atoms with Gasteiger partial charge in [0.2, 0.25) is 5.91 Å². The number of carbonyl (C=O) groups excluding carboxylic acids is 1. The topological polar surface area (TPSA) is 55.1 Å². The average molecular weight is 248 g/mol. The van der Waals surface area contributed by atoms with Crippen molar-refractivity contribution < 1.29 is 9.18 Å². The van der Waals surface area contributed by atoms with E-state index >= 15 is 0 Å². The van der Waals surface area contributed by atoms with Crippen molar-refractivity contribution >= 4 is 5.91 Å². The van der Waals surface area contributed by atoms with Crippen LogP contribution in [-0.2, 0) is 4.79 Å². The third kappa shape index (κ3) is 2.96. The molecule has 1 aromatic rings.